The van der Waals surface area contributed by atoms with Crippen molar-refractivity contribution in [1.29, 1.82) is 0 Å². The lowest BCUT2D eigenvalue weighted by Crippen LogP contribution is -2.44. The predicted molar refractivity (Wildman–Crippen MR) is 131 cm³/mol. The molecule has 3 N–H and O–H groups in total. The van der Waals surface area contributed by atoms with Crippen LogP contribution in [-0.2, 0) is 16.1 Å². The van der Waals surface area contributed by atoms with E-state index in [9.17, 15) is 19.2 Å². The first-order valence-electron chi connectivity index (χ1n) is 12.0. The van der Waals surface area contributed by atoms with Crippen LogP contribution in [0.15, 0.2) is 27.8 Å². The van der Waals surface area contributed by atoms with E-state index in [-0.39, 0.29) is 42.8 Å². The molecule has 1 saturated heterocycles. The van der Waals surface area contributed by atoms with Gasteiger partial charge in [-0.25, -0.2) is 4.79 Å². The van der Waals surface area contributed by atoms with Gasteiger partial charge in [0.15, 0.2) is 17.2 Å². The number of nitrogen functional groups attached to an aromatic ring is 1. The molecule has 0 bridgehead atoms. The van der Waals surface area contributed by atoms with Crippen molar-refractivity contribution in [3.63, 3.8) is 0 Å². The third-order valence-corrected chi connectivity index (χ3v) is 6.24. The normalized spacial score (nSPS) is 17.0. The number of nitrogens with zero attached hydrogens (tertiary/aromatic N) is 3. The summed E-state index contributed by atoms with van der Waals surface area (Å²) in [6, 6.07) is 5.24. The number of aromatic nitrogens is 2. The van der Waals surface area contributed by atoms with Gasteiger partial charge in [0.2, 0.25) is 11.8 Å². The smallest absolute Gasteiger partial charge is 0.330 e. The second-order valence-electron chi connectivity index (χ2n) is 8.72. The van der Waals surface area contributed by atoms with Crippen LogP contribution in [0.2, 0.25) is 0 Å². The first-order chi connectivity index (χ1) is 16.8. The van der Waals surface area contributed by atoms with E-state index >= 15 is 0 Å². The number of benzene rings is 1. The maximum atomic E-state index is 13.7. The number of anilines is 3. The number of fused-ring (bicyclic) bond motifs is 1. The first kappa shape index (κ1) is 24.4. The number of carbonyl (C=O) groups excluding carboxylic acids is 2. The van der Waals surface area contributed by atoms with Crippen molar-refractivity contribution in [2.24, 2.45) is 5.92 Å². The van der Waals surface area contributed by atoms with Crippen LogP contribution in [0.1, 0.15) is 39.5 Å². The van der Waals surface area contributed by atoms with E-state index in [1.165, 1.54) is 9.47 Å². The fourth-order valence-corrected chi connectivity index (χ4v) is 4.48. The van der Waals surface area contributed by atoms with E-state index in [0.717, 1.165) is 6.42 Å². The number of aromatic amines is 1. The second-order valence-corrected chi connectivity index (χ2v) is 8.72. The van der Waals surface area contributed by atoms with Gasteiger partial charge < -0.3 is 25.0 Å². The van der Waals surface area contributed by atoms with E-state index in [2.05, 4.69) is 4.98 Å². The number of hydrogen-bond acceptors (Lipinski definition) is 7. The van der Waals surface area contributed by atoms with E-state index < -0.39 is 17.2 Å². The maximum Gasteiger partial charge on any atom is 0.330 e. The molecule has 0 aliphatic carbocycles. The number of nitrogens with two attached hydrogens (primary N) is 1. The Morgan fingerprint density at radius 2 is 1.89 bits per heavy atom. The summed E-state index contributed by atoms with van der Waals surface area (Å²) in [4.78, 5) is 56.8. The van der Waals surface area contributed by atoms with Crippen molar-refractivity contribution < 1.29 is 19.1 Å². The summed E-state index contributed by atoms with van der Waals surface area (Å²) in [5, 5.41) is 0. The molecule has 2 amide bonds. The number of carbonyl (C=O) groups is 2. The van der Waals surface area contributed by atoms with Crippen LogP contribution in [0.3, 0.4) is 0 Å². The molecule has 2 aromatic rings. The highest BCUT2D eigenvalue weighted by Gasteiger charge is 2.39. The Morgan fingerprint density at radius 1 is 1.14 bits per heavy atom. The van der Waals surface area contributed by atoms with Crippen LogP contribution >= 0.6 is 0 Å². The minimum absolute atomic E-state index is 0.00229. The molecule has 1 aromatic carbocycles. The van der Waals surface area contributed by atoms with Gasteiger partial charge in [-0.2, -0.15) is 0 Å². The minimum atomic E-state index is -0.711. The lowest BCUT2D eigenvalue weighted by molar-refractivity contribution is -0.124. The van der Waals surface area contributed by atoms with Gasteiger partial charge in [0.1, 0.15) is 19.0 Å². The average Bonchev–Trinajstić information content (AvgIpc) is 3.24. The highest BCUT2D eigenvalue weighted by molar-refractivity contribution is 6.05. The lowest BCUT2D eigenvalue weighted by atomic mass is 10.1. The zero-order valence-corrected chi connectivity index (χ0v) is 20.0. The van der Waals surface area contributed by atoms with Crippen LogP contribution in [-0.4, -0.2) is 47.7 Å². The number of rotatable bonds is 8. The van der Waals surface area contributed by atoms with Gasteiger partial charge in [-0.1, -0.05) is 20.3 Å². The van der Waals surface area contributed by atoms with Crippen LogP contribution in [0.4, 0.5) is 17.2 Å². The Kier molecular flexibility index (Phi) is 7.13. The monoisotopic (exact) mass is 485 g/mol. The lowest BCUT2D eigenvalue weighted by Gasteiger charge is -2.27. The standard InChI is InChI=1S/C24H31N5O6/c1-3-5-9-27(20-21(25)28(8-4-2)24(33)26-22(20)31)23(32)15-12-19(30)29(14-15)16-6-7-17-18(13-16)35-11-10-34-17/h6-7,13,15H,3-5,8-12,14,25H2,1-2H3,(H,26,31,33)/t15-/m1/s1. The molecule has 1 atom stereocenters. The van der Waals surface area contributed by atoms with Crippen LogP contribution in [0.5, 0.6) is 11.5 Å². The van der Waals surface area contributed by atoms with Crippen LogP contribution < -0.4 is 36.3 Å². The summed E-state index contributed by atoms with van der Waals surface area (Å²) in [7, 11) is 0. The third kappa shape index (κ3) is 4.75. The Balaban J connectivity index is 1.63. The number of hydrogen-bond donors (Lipinski definition) is 2. The molecule has 188 valence electrons. The zero-order chi connectivity index (χ0) is 25.1. The SMILES string of the molecule is CCCCN(C(=O)[C@@H]1CC(=O)N(c2ccc3c(c2)OCCO3)C1)c1c(N)n(CCC)c(=O)[nH]c1=O. The molecule has 35 heavy (non-hydrogen) atoms. The van der Waals surface area contributed by atoms with Crippen molar-refractivity contribution >= 4 is 29.0 Å². The van der Waals surface area contributed by atoms with Crippen molar-refractivity contribution in [1.82, 2.24) is 9.55 Å². The molecule has 0 radical (unpaired) electrons. The molecule has 11 nitrogen and oxygen atoms in total. The van der Waals surface area contributed by atoms with Crippen LogP contribution in [0.25, 0.3) is 0 Å². The maximum absolute atomic E-state index is 13.7. The summed E-state index contributed by atoms with van der Waals surface area (Å²) in [5.74, 6) is -0.115. The van der Waals surface area contributed by atoms with Crippen LogP contribution in [0, 0.1) is 5.92 Å². The Hall–Kier alpha value is -3.76. The molecule has 2 aliphatic rings. The number of H-pyrrole nitrogens is 1. The van der Waals surface area contributed by atoms with Gasteiger partial charge in [0.05, 0.1) is 5.92 Å². The van der Waals surface area contributed by atoms with E-state index in [4.69, 9.17) is 15.2 Å². The second kappa shape index (κ2) is 10.2. The van der Waals surface area contributed by atoms with E-state index in [1.807, 2.05) is 13.8 Å². The van der Waals surface area contributed by atoms with Crippen molar-refractivity contribution in [3.05, 3.63) is 39.0 Å². The molecule has 4 rings (SSSR count). The fourth-order valence-electron chi connectivity index (χ4n) is 4.48. The molecule has 2 aliphatic heterocycles. The van der Waals surface area contributed by atoms with Crippen molar-refractivity contribution in [2.75, 3.05) is 41.8 Å². The quantitative estimate of drug-likeness (QED) is 0.577. The molecule has 3 heterocycles. The van der Waals surface area contributed by atoms with Gasteiger partial charge in [0, 0.05) is 37.8 Å². The molecule has 1 aromatic heterocycles. The highest BCUT2D eigenvalue weighted by Crippen LogP contribution is 2.36. The molecule has 11 heteroatoms. The Morgan fingerprint density at radius 3 is 2.60 bits per heavy atom. The number of nitrogens with one attached hydrogen (secondary N) is 1. The third-order valence-electron chi connectivity index (χ3n) is 6.24. The van der Waals surface area contributed by atoms with Gasteiger partial charge in [-0.15, -0.1) is 0 Å². The number of amides is 2. The van der Waals surface area contributed by atoms with Crippen molar-refractivity contribution in [3.8, 4) is 11.5 Å². The van der Waals surface area contributed by atoms with Gasteiger partial charge in [-0.3, -0.25) is 23.9 Å². The molecular formula is C24H31N5O6. The summed E-state index contributed by atoms with van der Waals surface area (Å²) < 4.78 is 12.4. The highest BCUT2D eigenvalue weighted by atomic mass is 16.6. The summed E-state index contributed by atoms with van der Waals surface area (Å²) in [6.07, 6.45) is 2.04. The topological polar surface area (TPSA) is 140 Å². The number of unbranched alkanes of at least 4 members (excludes halogenated alkanes) is 1. The molecular weight excluding hydrogens is 454 g/mol. The molecule has 1 fully saturated rings. The van der Waals surface area contributed by atoms with Gasteiger partial charge in [-0.05, 0) is 25.0 Å². The number of ether oxygens (including phenoxy) is 2. The molecule has 0 spiro atoms. The van der Waals surface area contributed by atoms with Crippen molar-refractivity contribution in [2.45, 2.75) is 46.1 Å². The Labute approximate surface area is 202 Å². The first-order valence-corrected chi connectivity index (χ1v) is 12.0. The zero-order valence-electron chi connectivity index (χ0n) is 20.0. The largest absolute Gasteiger partial charge is 0.486 e. The summed E-state index contributed by atoms with van der Waals surface area (Å²) >= 11 is 0. The van der Waals surface area contributed by atoms with Gasteiger partial charge >= 0.3 is 5.69 Å². The van der Waals surface area contributed by atoms with E-state index in [0.29, 0.717) is 49.8 Å². The van der Waals surface area contributed by atoms with Gasteiger partial charge in [0.25, 0.3) is 5.56 Å². The predicted octanol–water partition coefficient (Wildman–Crippen LogP) is 1.49. The Bertz CT molecular complexity index is 1240. The fraction of sp³-hybridized carbons (Fsp3) is 0.500. The minimum Gasteiger partial charge on any atom is -0.486 e. The summed E-state index contributed by atoms with van der Waals surface area (Å²) in [5.41, 5.74) is 5.49. The molecule has 0 saturated carbocycles. The molecule has 0 unspecified atom stereocenters. The average molecular weight is 486 g/mol. The summed E-state index contributed by atoms with van der Waals surface area (Å²) in [6.45, 7) is 5.46. The van der Waals surface area contributed by atoms with E-state index in [1.54, 1.807) is 23.1 Å².